The SMILES string of the molecule is CCCOCC(=O)N(C)C1CCC(NC)CC1. The quantitative estimate of drug-likeness (QED) is 0.716. The first-order valence-corrected chi connectivity index (χ1v) is 6.69. The Kier molecular flexibility index (Phi) is 6.52. The lowest BCUT2D eigenvalue weighted by molar-refractivity contribution is -0.137. The molecule has 0 bridgehead atoms. The molecule has 1 aliphatic carbocycles. The molecule has 0 aromatic rings. The minimum absolute atomic E-state index is 0.117. The normalized spacial score (nSPS) is 24.6. The molecule has 1 saturated carbocycles. The highest BCUT2D eigenvalue weighted by Gasteiger charge is 2.25. The van der Waals surface area contributed by atoms with Gasteiger partial charge in [0.2, 0.25) is 5.91 Å². The fourth-order valence-electron chi connectivity index (χ4n) is 2.36. The van der Waals surface area contributed by atoms with Crippen LogP contribution < -0.4 is 5.32 Å². The molecule has 0 aromatic carbocycles. The van der Waals surface area contributed by atoms with E-state index < -0.39 is 0 Å². The first kappa shape index (κ1) is 14.5. The second-order valence-corrected chi connectivity index (χ2v) is 4.85. The molecule has 4 heteroatoms. The summed E-state index contributed by atoms with van der Waals surface area (Å²) in [5.41, 5.74) is 0. The van der Waals surface area contributed by atoms with Crippen molar-refractivity contribution < 1.29 is 9.53 Å². The summed E-state index contributed by atoms with van der Waals surface area (Å²) in [6, 6.07) is 1.03. The van der Waals surface area contributed by atoms with Gasteiger partial charge in [0, 0.05) is 25.7 Å². The van der Waals surface area contributed by atoms with Gasteiger partial charge < -0.3 is 15.0 Å². The number of likely N-dealkylation sites (N-methyl/N-ethyl adjacent to an activating group) is 1. The molecule has 0 aliphatic heterocycles. The Balaban J connectivity index is 2.27. The van der Waals surface area contributed by atoms with Gasteiger partial charge >= 0.3 is 0 Å². The van der Waals surface area contributed by atoms with Crippen LogP contribution in [0.25, 0.3) is 0 Å². The maximum atomic E-state index is 11.9. The van der Waals surface area contributed by atoms with E-state index in [4.69, 9.17) is 4.74 Å². The van der Waals surface area contributed by atoms with Gasteiger partial charge in [-0.1, -0.05) is 6.92 Å². The number of rotatable bonds is 6. The first-order valence-electron chi connectivity index (χ1n) is 6.69. The minimum Gasteiger partial charge on any atom is -0.372 e. The van der Waals surface area contributed by atoms with Crippen LogP contribution in [0.3, 0.4) is 0 Å². The molecule has 1 aliphatic rings. The van der Waals surface area contributed by atoms with E-state index in [-0.39, 0.29) is 12.5 Å². The molecular formula is C13H26N2O2. The molecule has 1 N–H and O–H groups in total. The molecule has 0 atom stereocenters. The van der Waals surface area contributed by atoms with Crippen molar-refractivity contribution in [2.75, 3.05) is 27.3 Å². The maximum absolute atomic E-state index is 11.9. The summed E-state index contributed by atoms with van der Waals surface area (Å²) in [5, 5.41) is 3.31. The topological polar surface area (TPSA) is 41.6 Å². The van der Waals surface area contributed by atoms with Gasteiger partial charge in [0.15, 0.2) is 0 Å². The highest BCUT2D eigenvalue weighted by Crippen LogP contribution is 2.22. The number of nitrogens with one attached hydrogen (secondary N) is 1. The van der Waals surface area contributed by atoms with E-state index in [1.54, 1.807) is 0 Å². The van der Waals surface area contributed by atoms with Crippen LogP contribution in [-0.4, -0.2) is 50.2 Å². The molecule has 0 heterocycles. The number of hydrogen-bond donors (Lipinski definition) is 1. The maximum Gasteiger partial charge on any atom is 0.248 e. The van der Waals surface area contributed by atoms with Gasteiger partial charge in [-0.3, -0.25) is 4.79 Å². The number of nitrogens with zero attached hydrogens (tertiary/aromatic N) is 1. The van der Waals surface area contributed by atoms with E-state index in [9.17, 15) is 4.79 Å². The van der Waals surface area contributed by atoms with Crippen LogP contribution in [0.5, 0.6) is 0 Å². The number of carbonyl (C=O) groups is 1. The van der Waals surface area contributed by atoms with Gasteiger partial charge in [-0.25, -0.2) is 0 Å². The fourth-order valence-corrected chi connectivity index (χ4v) is 2.36. The minimum atomic E-state index is 0.117. The zero-order chi connectivity index (χ0) is 12.7. The zero-order valence-corrected chi connectivity index (χ0v) is 11.4. The molecule has 0 unspecified atom stereocenters. The van der Waals surface area contributed by atoms with Crippen molar-refractivity contribution in [1.82, 2.24) is 10.2 Å². The van der Waals surface area contributed by atoms with Crippen molar-refractivity contribution in [3.63, 3.8) is 0 Å². The van der Waals surface area contributed by atoms with E-state index >= 15 is 0 Å². The van der Waals surface area contributed by atoms with Gasteiger partial charge in [0.25, 0.3) is 0 Å². The molecule has 17 heavy (non-hydrogen) atoms. The second kappa shape index (κ2) is 7.67. The van der Waals surface area contributed by atoms with Crippen LogP contribution in [0, 0.1) is 0 Å². The molecule has 1 amide bonds. The Morgan fingerprint density at radius 2 is 2.00 bits per heavy atom. The summed E-state index contributed by atoms with van der Waals surface area (Å²) in [5.74, 6) is 0.117. The van der Waals surface area contributed by atoms with Crippen molar-refractivity contribution in [1.29, 1.82) is 0 Å². The lowest BCUT2D eigenvalue weighted by Gasteiger charge is -2.34. The summed E-state index contributed by atoms with van der Waals surface area (Å²) in [6.07, 6.45) is 5.48. The number of hydrogen-bond acceptors (Lipinski definition) is 3. The molecule has 0 aromatic heterocycles. The van der Waals surface area contributed by atoms with Crippen LogP contribution in [0.15, 0.2) is 0 Å². The standard InChI is InChI=1S/C13H26N2O2/c1-4-9-17-10-13(16)15(3)12-7-5-11(14-2)6-8-12/h11-12,14H,4-10H2,1-3H3. The molecule has 4 nitrogen and oxygen atoms in total. The number of amides is 1. The predicted octanol–water partition coefficient (Wildman–Crippen LogP) is 1.40. The summed E-state index contributed by atoms with van der Waals surface area (Å²) in [6.45, 7) is 2.95. The van der Waals surface area contributed by atoms with Crippen LogP contribution in [0.2, 0.25) is 0 Å². The zero-order valence-electron chi connectivity index (χ0n) is 11.4. The summed E-state index contributed by atoms with van der Waals surface area (Å²) in [7, 11) is 3.92. The Hall–Kier alpha value is -0.610. The third-order valence-corrected chi connectivity index (χ3v) is 3.62. The van der Waals surface area contributed by atoms with Gasteiger partial charge in [0.1, 0.15) is 6.61 Å². The summed E-state index contributed by atoms with van der Waals surface area (Å²) < 4.78 is 5.30. The second-order valence-electron chi connectivity index (χ2n) is 4.85. The Bertz CT molecular complexity index is 225. The molecule has 1 rings (SSSR count). The van der Waals surface area contributed by atoms with Crippen LogP contribution >= 0.6 is 0 Å². The van der Waals surface area contributed by atoms with E-state index in [0.29, 0.717) is 18.7 Å². The van der Waals surface area contributed by atoms with Gasteiger partial charge in [-0.2, -0.15) is 0 Å². The molecule has 0 radical (unpaired) electrons. The Morgan fingerprint density at radius 3 is 2.53 bits per heavy atom. The molecule has 0 spiro atoms. The average molecular weight is 242 g/mol. The average Bonchev–Trinajstić information content (AvgIpc) is 2.38. The van der Waals surface area contributed by atoms with Crippen molar-refractivity contribution in [2.45, 2.75) is 51.1 Å². The van der Waals surface area contributed by atoms with E-state index in [1.807, 2.05) is 25.9 Å². The Labute approximate surface area is 105 Å². The summed E-state index contributed by atoms with van der Waals surface area (Å²) in [4.78, 5) is 13.7. The van der Waals surface area contributed by atoms with Gasteiger partial charge in [0.05, 0.1) is 0 Å². The number of ether oxygens (including phenoxy) is 1. The van der Waals surface area contributed by atoms with Crippen molar-refractivity contribution in [3.8, 4) is 0 Å². The van der Waals surface area contributed by atoms with E-state index in [1.165, 1.54) is 0 Å². The van der Waals surface area contributed by atoms with Crippen molar-refractivity contribution in [3.05, 3.63) is 0 Å². The molecular weight excluding hydrogens is 216 g/mol. The third kappa shape index (κ3) is 4.64. The van der Waals surface area contributed by atoms with Crippen LogP contribution in [-0.2, 0) is 9.53 Å². The largest absolute Gasteiger partial charge is 0.372 e. The lowest BCUT2D eigenvalue weighted by atomic mass is 9.90. The molecule has 100 valence electrons. The lowest BCUT2D eigenvalue weighted by Crippen LogP contribution is -2.43. The molecule has 0 saturated heterocycles. The smallest absolute Gasteiger partial charge is 0.248 e. The predicted molar refractivity (Wildman–Crippen MR) is 69.0 cm³/mol. The number of carbonyl (C=O) groups excluding carboxylic acids is 1. The molecule has 1 fully saturated rings. The van der Waals surface area contributed by atoms with Crippen LogP contribution in [0.4, 0.5) is 0 Å². The fraction of sp³-hybridized carbons (Fsp3) is 0.923. The highest BCUT2D eigenvalue weighted by atomic mass is 16.5. The highest BCUT2D eigenvalue weighted by molar-refractivity contribution is 5.77. The monoisotopic (exact) mass is 242 g/mol. The van der Waals surface area contributed by atoms with Crippen molar-refractivity contribution >= 4 is 5.91 Å². The van der Waals surface area contributed by atoms with Gasteiger partial charge in [-0.15, -0.1) is 0 Å². The van der Waals surface area contributed by atoms with E-state index in [2.05, 4.69) is 5.32 Å². The third-order valence-electron chi connectivity index (χ3n) is 3.62. The first-order chi connectivity index (χ1) is 8.19. The van der Waals surface area contributed by atoms with Crippen LogP contribution in [0.1, 0.15) is 39.0 Å². The Morgan fingerprint density at radius 1 is 1.35 bits per heavy atom. The van der Waals surface area contributed by atoms with Crippen molar-refractivity contribution in [2.24, 2.45) is 0 Å². The van der Waals surface area contributed by atoms with E-state index in [0.717, 1.165) is 32.1 Å². The summed E-state index contributed by atoms with van der Waals surface area (Å²) >= 11 is 0. The van der Waals surface area contributed by atoms with Gasteiger partial charge in [-0.05, 0) is 39.2 Å².